The van der Waals surface area contributed by atoms with Crippen molar-refractivity contribution < 1.29 is 23.5 Å². The summed E-state index contributed by atoms with van der Waals surface area (Å²) in [4.78, 5) is 24.3. The zero-order valence-electron chi connectivity index (χ0n) is 16.2. The Hall–Kier alpha value is -3.38. The fraction of sp³-hybridized carbons (Fsp3) is 0.130. The molecule has 1 N–H and O–H groups in total. The zero-order chi connectivity index (χ0) is 21.5. The second-order valence-corrected chi connectivity index (χ2v) is 6.81. The van der Waals surface area contributed by atoms with Crippen LogP contribution in [-0.4, -0.2) is 19.0 Å². The highest BCUT2D eigenvalue weighted by Gasteiger charge is 2.11. The van der Waals surface area contributed by atoms with Gasteiger partial charge in [-0.2, -0.15) is 0 Å². The van der Waals surface area contributed by atoms with Crippen LogP contribution >= 0.6 is 11.6 Å². The number of carbonyl (C=O) groups excluding carboxylic acids is 2. The number of methoxy groups -OCH3 is 1. The van der Waals surface area contributed by atoms with Gasteiger partial charge >= 0.3 is 5.97 Å². The molecule has 0 heterocycles. The van der Waals surface area contributed by atoms with Gasteiger partial charge in [0.2, 0.25) is 0 Å². The van der Waals surface area contributed by atoms with Gasteiger partial charge in [-0.1, -0.05) is 29.8 Å². The molecule has 3 aromatic rings. The zero-order valence-corrected chi connectivity index (χ0v) is 16.9. The van der Waals surface area contributed by atoms with Gasteiger partial charge in [0.1, 0.15) is 5.75 Å². The largest absolute Gasteiger partial charge is 0.494 e. The summed E-state index contributed by atoms with van der Waals surface area (Å²) in [5.41, 5.74) is 1.57. The first kappa shape index (κ1) is 21.3. The quantitative estimate of drug-likeness (QED) is 0.411. The van der Waals surface area contributed by atoms with Crippen molar-refractivity contribution in [2.24, 2.45) is 0 Å². The molecule has 0 aliphatic heterocycles. The van der Waals surface area contributed by atoms with Gasteiger partial charge in [0, 0.05) is 12.1 Å². The van der Waals surface area contributed by atoms with Crippen LogP contribution < -0.4 is 14.8 Å². The van der Waals surface area contributed by atoms with E-state index in [2.05, 4.69) is 5.32 Å². The molecule has 0 saturated heterocycles. The van der Waals surface area contributed by atoms with Crippen LogP contribution in [0.5, 0.6) is 11.5 Å². The molecule has 1 amide bonds. The van der Waals surface area contributed by atoms with E-state index in [0.717, 1.165) is 0 Å². The molecule has 0 saturated carbocycles. The number of hydrogen-bond acceptors (Lipinski definition) is 4. The predicted molar refractivity (Wildman–Crippen MR) is 113 cm³/mol. The normalized spacial score (nSPS) is 10.4. The van der Waals surface area contributed by atoms with Crippen molar-refractivity contribution >= 4 is 29.2 Å². The van der Waals surface area contributed by atoms with Gasteiger partial charge in [-0.05, 0) is 60.5 Å². The van der Waals surface area contributed by atoms with Crippen LogP contribution in [-0.2, 0) is 11.2 Å². The maximum absolute atomic E-state index is 13.7. The molecule has 0 aromatic heterocycles. The smallest absolute Gasteiger partial charge is 0.311 e. The highest BCUT2D eigenvalue weighted by molar-refractivity contribution is 6.34. The van der Waals surface area contributed by atoms with Crippen molar-refractivity contribution in [3.8, 4) is 11.5 Å². The summed E-state index contributed by atoms with van der Waals surface area (Å²) >= 11 is 6.02. The average molecular weight is 428 g/mol. The van der Waals surface area contributed by atoms with Gasteiger partial charge in [-0.3, -0.25) is 9.59 Å². The minimum Gasteiger partial charge on any atom is -0.494 e. The number of aryl methyl sites for hydroxylation is 1. The van der Waals surface area contributed by atoms with E-state index < -0.39 is 11.8 Å². The molecule has 0 unspecified atom stereocenters. The third-order valence-electron chi connectivity index (χ3n) is 4.30. The SMILES string of the molecule is COc1ccc(CCC(=O)Oc2ccc(NC(=O)c3ccccc3Cl)cc2)cc1F. The van der Waals surface area contributed by atoms with Gasteiger partial charge in [0.25, 0.3) is 5.91 Å². The number of amides is 1. The molecule has 0 aliphatic carbocycles. The maximum atomic E-state index is 13.7. The molecule has 154 valence electrons. The number of esters is 1. The Morgan fingerprint density at radius 2 is 1.77 bits per heavy atom. The van der Waals surface area contributed by atoms with Crippen molar-refractivity contribution in [2.75, 3.05) is 12.4 Å². The van der Waals surface area contributed by atoms with Crippen LogP contribution in [0.2, 0.25) is 5.02 Å². The Labute approximate surface area is 178 Å². The summed E-state index contributed by atoms with van der Waals surface area (Å²) in [7, 11) is 1.39. The summed E-state index contributed by atoms with van der Waals surface area (Å²) < 4.78 is 23.9. The third-order valence-corrected chi connectivity index (χ3v) is 4.63. The molecule has 3 rings (SSSR count). The van der Waals surface area contributed by atoms with Crippen molar-refractivity contribution in [1.82, 2.24) is 0 Å². The number of halogens is 2. The molecule has 5 nitrogen and oxygen atoms in total. The first-order chi connectivity index (χ1) is 14.5. The monoisotopic (exact) mass is 427 g/mol. The fourth-order valence-electron chi connectivity index (χ4n) is 2.74. The second kappa shape index (κ2) is 9.89. The number of ether oxygens (including phenoxy) is 2. The van der Waals surface area contributed by atoms with Crippen LogP contribution in [0, 0.1) is 5.82 Å². The number of carbonyl (C=O) groups is 2. The highest BCUT2D eigenvalue weighted by atomic mass is 35.5. The molecule has 0 aliphatic rings. The van der Waals surface area contributed by atoms with Crippen molar-refractivity contribution in [2.45, 2.75) is 12.8 Å². The van der Waals surface area contributed by atoms with Gasteiger partial charge in [0.15, 0.2) is 11.6 Å². The number of nitrogens with one attached hydrogen (secondary N) is 1. The van der Waals surface area contributed by atoms with Crippen LogP contribution in [0.15, 0.2) is 66.7 Å². The number of anilines is 1. The predicted octanol–water partition coefficient (Wildman–Crippen LogP) is 5.28. The molecular weight excluding hydrogens is 409 g/mol. The minimum absolute atomic E-state index is 0.0940. The Bertz CT molecular complexity index is 1050. The fourth-order valence-corrected chi connectivity index (χ4v) is 2.97. The van der Waals surface area contributed by atoms with Gasteiger partial charge in [-0.15, -0.1) is 0 Å². The van der Waals surface area contributed by atoms with Crippen molar-refractivity contribution in [3.63, 3.8) is 0 Å². The molecule has 0 atom stereocenters. The second-order valence-electron chi connectivity index (χ2n) is 6.40. The van der Waals surface area contributed by atoms with Crippen LogP contribution in [0.3, 0.4) is 0 Å². The standard InChI is InChI=1S/C23H19ClFNO4/c1-29-21-12-6-15(14-20(21)25)7-13-22(27)30-17-10-8-16(9-11-17)26-23(28)18-4-2-3-5-19(18)24/h2-6,8-12,14H,7,13H2,1H3,(H,26,28). The Morgan fingerprint density at radius 3 is 2.43 bits per heavy atom. The summed E-state index contributed by atoms with van der Waals surface area (Å²) in [6.07, 6.45) is 0.433. The highest BCUT2D eigenvalue weighted by Crippen LogP contribution is 2.21. The van der Waals surface area contributed by atoms with E-state index in [1.165, 1.54) is 19.2 Å². The molecule has 30 heavy (non-hydrogen) atoms. The lowest BCUT2D eigenvalue weighted by Crippen LogP contribution is -2.12. The average Bonchev–Trinajstić information content (AvgIpc) is 2.74. The van der Waals surface area contributed by atoms with Crippen LogP contribution in [0.25, 0.3) is 0 Å². The number of benzene rings is 3. The van der Waals surface area contributed by atoms with E-state index in [-0.39, 0.29) is 18.1 Å². The summed E-state index contributed by atoms with van der Waals surface area (Å²) in [6, 6.07) is 17.7. The Kier molecular flexibility index (Phi) is 7.03. The Balaban J connectivity index is 1.52. The topological polar surface area (TPSA) is 64.6 Å². The molecule has 7 heteroatoms. The van der Waals surface area contributed by atoms with E-state index in [9.17, 15) is 14.0 Å². The van der Waals surface area contributed by atoms with E-state index in [1.807, 2.05) is 0 Å². The molecule has 0 fully saturated rings. The summed E-state index contributed by atoms with van der Waals surface area (Å²) in [5, 5.41) is 3.09. The number of rotatable bonds is 7. The maximum Gasteiger partial charge on any atom is 0.311 e. The summed E-state index contributed by atoms with van der Waals surface area (Å²) in [5.74, 6) is -0.756. The van der Waals surface area contributed by atoms with Gasteiger partial charge in [-0.25, -0.2) is 4.39 Å². The number of hydrogen-bond donors (Lipinski definition) is 1. The van der Waals surface area contributed by atoms with Gasteiger partial charge < -0.3 is 14.8 Å². The molecule has 0 spiro atoms. The van der Waals surface area contributed by atoms with E-state index in [0.29, 0.717) is 34.0 Å². The molecular formula is C23H19ClFNO4. The summed E-state index contributed by atoms with van der Waals surface area (Å²) in [6.45, 7) is 0. The minimum atomic E-state index is -0.474. The van der Waals surface area contributed by atoms with Gasteiger partial charge in [0.05, 0.1) is 17.7 Å². The van der Waals surface area contributed by atoms with E-state index >= 15 is 0 Å². The van der Waals surface area contributed by atoms with E-state index in [4.69, 9.17) is 21.1 Å². The molecule has 3 aromatic carbocycles. The lowest BCUT2D eigenvalue weighted by atomic mass is 10.1. The first-order valence-corrected chi connectivity index (χ1v) is 9.53. The first-order valence-electron chi connectivity index (χ1n) is 9.15. The van der Waals surface area contributed by atoms with Crippen LogP contribution in [0.4, 0.5) is 10.1 Å². The third kappa shape index (κ3) is 5.58. The van der Waals surface area contributed by atoms with E-state index in [1.54, 1.807) is 54.6 Å². The van der Waals surface area contributed by atoms with Crippen molar-refractivity contribution in [1.29, 1.82) is 0 Å². The lowest BCUT2D eigenvalue weighted by Gasteiger charge is -2.09. The van der Waals surface area contributed by atoms with Crippen LogP contribution in [0.1, 0.15) is 22.3 Å². The Morgan fingerprint density at radius 1 is 1.03 bits per heavy atom. The van der Waals surface area contributed by atoms with Crippen molar-refractivity contribution in [3.05, 3.63) is 88.7 Å². The molecule has 0 bridgehead atoms. The lowest BCUT2D eigenvalue weighted by molar-refractivity contribution is -0.134. The molecule has 0 radical (unpaired) electrons.